The van der Waals surface area contributed by atoms with Crippen LogP contribution < -0.4 is 21.9 Å². The molecule has 3 rings (SSSR count). The van der Waals surface area contributed by atoms with Crippen molar-refractivity contribution in [2.24, 2.45) is 0 Å². The Morgan fingerprint density at radius 2 is 1.89 bits per heavy atom. The van der Waals surface area contributed by atoms with Crippen LogP contribution in [0.5, 0.6) is 0 Å². The summed E-state index contributed by atoms with van der Waals surface area (Å²) in [7, 11) is 0. The number of fused-ring (bicyclic) bond motifs is 1. The van der Waals surface area contributed by atoms with Crippen LogP contribution in [0, 0.1) is 0 Å². The second-order valence-electron chi connectivity index (χ2n) is 9.20. The van der Waals surface area contributed by atoms with Crippen LogP contribution in [0.1, 0.15) is 26.3 Å². The molecule has 2 heterocycles. The lowest BCUT2D eigenvalue weighted by molar-refractivity contribution is -0.145. The number of H-pyrrole nitrogens is 1. The van der Waals surface area contributed by atoms with Gasteiger partial charge >= 0.3 is 12.1 Å². The summed E-state index contributed by atoms with van der Waals surface area (Å²) < 4.78 is 17.2. The van der Waals surface area contributed by atoms with Crippen LogP contribution in [0.25, 0.3) is 11.2 Å². The number of aromatic nitrogens is 4. The minimum Gasteiger partial charge on any atom is -0.462 e. The molecule has 0 saturated heterocycles. The molecule has 0 unspecified atom stereocenters. The zero-order valence-corrected chi connectivity index (χ0v) is 21.4. The summed E-state index contributed by atoms with van der Waals surface area (Å²) in [5.41, 5.74) is 5.55. The molecule has 0 bridgehead atoms. The smallest absolute Gasteiger partial charge is 0.408 e. The SMILES string of the molecule is CC(C)(C)OC(=O)N[C@@H](Cc1ccccc1)C(=O)NCC(=O)OCCOCn1cnc2c(=O)[nH]c(N)nc21. The number of nitrogens with two attached hydrogens (primary N) is 1. The molecule has 2 aromatic heterocycles. The van der Waals surface area contributed by atoms with E-state index in [-0.39, 0.29) is 43.5 Å². The van der Waals surface area contributed by atoms with Gasteiger partial charge in [-0.15, -0.1) is 0 Å². The minimum atomic E-state index is -0.969. The van der Waals surface area contributed by atoms with Crippen LogP contribution in [0.4, 0.5) is 10.7 Å². The Morgan fingerprint density at radius 1 is 1.16 bits per heavy atom. The summed E-state index contributed by atoms with van der Waals surface area (Å²) in [6, 6.07) is 8.15. The highest BCUT2D eigenvalue weighted by Crippen LogP contribution is 2.09. The highest BCUT2D eigenvalue weighted by Gasteiger charge is 2.25. The predicted octanol–water partition coefficient (Wildman–Crippen LogP) is 0.471. The zero-order chi connectivity index (χ0) is 27.7. The Balaban J connectivity index is 1.44. The van der Waals surface area contributed by atoms with Gasteiger partial charge in [0.25, 0.3) is 5.56 Å². The molecule has 3 aromatic rings. The molecule has 204 valence electrons. The molecule has 38 heavy (non-hydrogen) atoms. The molecule has 1 aromatic carbocycles. The maximum atomic E-state index is 12.8. The first kappa shape index (κ1) is 28.1. The van der Waals surface area contributed by atoms with E-state index in [1.807, 2.05) is 30.3 Å². The molecule has 0 aliphatic carbocycles. The molecule has 1 atom stereocenters. The van der Waals surface area contributed by atoms with Crippen LogP contribution >= 0.6 is 0 Å². The second kappa shape index (κ2) is 12.7. The van der Waals surface area contributed by atoms with Gasteiger partial charge in [0.1, 0.15) is 31.5 Å². The lowest BCUT2D eigenvalue weighted by atomic mass is 10.1. The van der Waals surface area contributed by atoms with Crippen molar-refractivity contribution in [2.45, 2.75) is 45.6 Å². The Kier molecular flexibility index (Phi) is 9.38. The van der Waals surface area contributed by atoms with E-state index >= 15 is 0 Å². The highest BCUT2D eigenvalue weighted by atomic mass is 16.6. The molecule has 0 radical (unpaired) electrons. The van der Waals surface area contributed by atoms with Gasteiger partial charge in [0.15, 0.2) is 11.2 Å². The van der Waals surface area contributed by atoms with E-state index in [1.165, 1.54) is 10.9 Å². The molecule has 14 nitrogen and oxygen atoms in total. The third-order valence-electron chi connectivity index (χ3n) is 4.91. The molecule has 2 amide bonds. The third kappa shape index (κ3) is 8.58. The summed E-state index contributed by atoms with van der Waals surface area (Å²) in [6.45, 7) is 4.69. The maximum Gasteiger partial charge on any atom is 0.408 e. The largest absolute Gasteiger partial charge is 0.462 e. The first-order valence-corrected chi connectivity index (χ1v) is 11.8. The van der Waals surface area contributed by atoms with E-state index in [0.29, 0.717) is 0 Å². The second-order valence-corrected chi connectivity index (χ2v) is 9.20. The van der Waals surface area contributed by atoms with Crippen molar-refractivity contribution in [2.75, 3.05) is 25.5 Å². The fourth-order valence-corrected chi connectivity index (χ4v) is 3.28. The monoisotopic (exact) mass is 529 g/mol. The summed E-state index contributed by atoms with van der Waals surface area (Å²) in [6.07, 6.45) is 0.830. The van der Waals surface area contributed by atoms with Gasteiger partial charge in [-0.25, -0.2) is 9.78 Å². The molecular formula is C24H31N7O7. The number of anilines is 1. The molecular weight excluding hydrogens is 498 g/mol. The van der Waals surface area contributed by atoms with Crippen LogP contribution in [0.3, 0.4) is 0 Å². The van der Waals surface area contributed by atoms with Crippen molar-refractivity contribution in [3.8, 4) is 0 Å². The number of ether oxygens (including phenoxy) is 3. The first-order chi connectivity index (χ1) is 18.0. The van der Waals surface area contributed by atoms with Gasteiger partial charge in [0, 0.05) is 6.42 Å². The number of esters is 1. The predicted molar refractivity (Wildman–Crippen MR) is 136 cm³/mol. The Labute approximate surface area is 217 Å². The number of amides is 2. The van der Waals surface area contributed by atoms with Crippen LogP contribution in [0.15, 0.2) is 41.5 Å². The maximum absolute atomic E-state index is 12.8. The lowest BCUT2D eigenvalue weighted by Gasteiger charge is -2.23. The molecule has 0 fully saturated rings. The minimum absolute atomic E-state index is 0.00181. The van der Waals surface area contributed by atoms with Crippen LogP contribution in [-0.4, -0.2) is 68.9 Å². The average Bonchev–Trinajstić information content (AvgIpc) is 3.24. The van der Waals surface area contributed by atoms with E-state index in [9.17, 15) is 19.2 Å². The fourth-order valence-electron chi connectivity index (χ4n) is 3.28. The van der Waals surface area contributed by atoms with Crippen molar-refractivity contribution in [3.63, 3.8) is 0 Å². The number of carbonyl (C=O) groups is 3. The quantitative estimate of drug-likeness (QED) is 0.200. The Bertz CT molecular complexity index is 1320. The van der Waals surface area contributed by atoms with Gasteiger partial charge in [-0.2, -0.15) is 4.98 Å². The van der Waals surface area contributed by atoms with Crippen LogP contribution in [0.2, 0.25) is 0 Å². The van der Waals surface area contributed by atoms with E-state index in [4.69, 9.17) is 19.9 Å². The van der Waals surface area contributed by atoms with E-state index in [0.717, 1.165) is 5.56 Å². The van der Waals surface area contributed by atoms with Crippen molar-refractivity contribution in [1.29, 1.82) is 0 Å². The van der Waals surface area contributed by atoms with E-state index in [2.05, 4.69) is 25.6 Å². The summed E-state index contributed by atoms with van der Waals surface area (Å²) in [5, 5.41) is 5.03. The number of rotatable bonds is 11. The number of nitrogens with one attached hydrogen (secondary N) is 3. The number of imidazole rings is 1. The standard InChI is InChI=1S/C24H31N7O7/c1-24(2,3)38-23(35)28-16(11-15-7-5-4-6-8-15)20(33)26-12-17(32)37-10-9-36-14-31-13-27-18-19(31)29-22(25)30-21(18)34/h4-8,13,16H,9-12,14H2,1-3H3,(H,26,33)(H,28,35)(H3,25,29,30,34)/t16-/m0/s1. The van der Waals surface area contributed by atoms with Gasteiger partial charge in [-0.3, -0.25) is 23.9 Å². The highest BCUT2D eigenvalue weighted by molar-refractivity contribution is 5.88. The van der Waals surface area contributed by atoms with Crippen molar-refractivity contribution in [3.05, 3.63) is 52.6 Å². The average molecular weight is 530 g/mol. The summed E-state index contributed by atoms with van der Waals surface area (Å²) >= 11 is 0. The molecule has 0 saturated carbocycles. The van der Waals surface area contributed by atoms with Gasteiger partial charge < -0.3 is 30.6 Å². The van der Waals surface area contributed by atoms with Gasteiger partial charge in [-0.05, 0) is 26.3 Å². The van der Waals surface area contributed by atoms with Crippen molar-refractivity contribution >= 4 is 35.1 Å². The normalized spacial score (nSPS) is 12.1. The van der Waals surface area contributed by atoms with Crippen molar-refractivity contribution < 1.29 is 28.6 Å². The lowest BCUT2D eigenvalue weighted by Crippen LogP contribution is -2.50. The molecule has 0 aliphatic rings. The Hall–Kier alpha value is -4.46. The number of benzene rings is 1. The number of nitrogens with zero attached hydrogens (tertiary/aromatic N) is 3. The van der Waals surface area contributed by atoms with Gasteiger partial charge in [0.2, 0.25) is 11.9 Å². The summed E-state index contributed by atoms with van der Waals surface area (Å²) in [5.74, 6) is -1.30. The zero-order valence-electron chi connectivity index (χ0n) is 21.4. The molecule has 5 N–H and O–H groups in total. The number of alkyl carbamates (subject to hydrolysis) is 1. The number of nitrogen functional groups attached to an aromatic ring is 1. The molecule has 14 heteroatoms. The number of hydrogen-bond donors (Lipinski definition) is 4. The topological polar surface area (TPSA) is 193 Å². The van der Waals surface area contributed by atoms with Crippen LogP contribution in [-0.2, 0) is 37.0 Å². The van der Waals surface area contributed by atoms with Gasteiger partial charge in [-0.1, -0.05) is 30.3 Å². The van der Waals surface area contributed by atoms with Gasteiger partial charge in [0.05, 0.1) is 12.9 Å². The first-order valence-electron chi connectivity index (χ1n) is 11.8. The van der Waals surface area contributed by atoms with E-state index in [1.54, 1.807) is 20.8 Å². The fraction of sp³-hybridized carbons (Fsp3) is 0.417. The Morgan fingerprint density at radius 3 is 2.61 bits per heavy atom. The third-order valence-corrected chi connectivity index (χ3v) is 4.91. The summed E-state index contributed by atoms with van der Waals surface area (Å²) in [4.78, 5) is 59.2. The van der Waals surface area contributed by atoms with E-state index < -0.39 is 41.7 Å². The number of carbonyl (C=O) groups excluding carboxylic acids is 3. The number of aromatic amines is 1. The molecule has 0 spiro atoms. The molecule has 0 aliphatic heterocycles. The number of hydrogen-bond acceptors (Lipinski definition) is 10. The van der Waals surface area contributed by atoms with Crippen molar-refractivity contribution in [1.82, 2.24) is 30.2 Å².